The monoisotopic (exact) mass is 338 g/mol. The molecule has 130 valence electrons. The van der Waals surface area contributed by atoms with Crippen LogP contribution in [0.3, 0.4) is 0 Å². The summed E-state index contributed by atoms with van der Waals surface area (Å²) in [5, 5.41) is 4.08. The van der Waals surface area contributed by atoms with E-state index in [0.29, 0.717) is 24.2 Å². The summed E-state index contributed by atoms with van der Waals surface area (Å²) < 4.78 is 7.54. The third kappa shape index (κ3) is 3.76. The first-order valence-corrected chi connectivity index (χ1v) is 8.69. The predicted octanol–water partition coefficient (Wildman–Crippen LogP) is 2.32. The first-order valence-electron chi connectivity index (χ1n) is 8.69. The molecule has 7 nitrogen and oxygen atoms in total. The molecular weight excluding hydrogens is 316 g/mol. The lowest BCUT2D eigenvalue weighted by molar-refractivity contribution is 0.148. The van der Waals surface area contributed by atoms with E-state index < -0.39 is 0 Å². The fourth-order valence-electron chi connectivity index (χ4n) is 3.44. The summed E-state index contributed by atoms with van der Waals surface area (Å²) in [5.74, 6) is 3.04. The van der Waals surface area contributed by atoms with Gasteiger partial charge in [-0.1, -0.05) is 5.16 Å². The number of imidazole rings is 1. The van der Waals surface area contributed by atoms with Gasteiger partial charge in [0.15, 0.2) is 0 Å². The van der Waals surface area contributed by atoms with Gasteiger partial charge >= 0.3 is 0 Å². The number of aromatic nitrogens is 5. The van der Waals surface area contributed by atoms with E-state index >= 15 is 0 Å². The largest absolute Gasteiger partial charge is 0.338 e. The molecule has 1 fully saturated rings. The predicted molar refractivity (Wildman–Crippen MR) is 92.4 cm³/mol. The lowest BCUT2D eigenvalue weighted by Gasteiger charge is -2.31. The first-order chi connectivity index (χ1) is 12.3. The maximum absolute atomic E-state index is 5.44. The Kier molecular flexibility index (Phi) is 4.56. The maximum Gasteiger partial charge on any atom is 0.241 e. The molecule has 7 heteroatoms. The van der Waals surface area contributed by atoms with Gasteiger partial charge in [0.1, 0.15) is 5.82 Å². The Morgan fingerprint density at radius 3 is 3.08 bits per heavy atom. The highest BCUT2D eigenvalue weighted by molar-refractivity contribution is 5.51. The molecule has 4 heterocycles. The van der Waals surface area contributed by atoms with Gasteiger partial charge in [-0.2, -0.15) is 4.98 Å². The van der Waals surface area contributed by atoms with Crippen molar-refractivity contribution in [2.24, 2.45) is 13.0 Å². The Balaban J connectivity index is 1.38. The number of likely N-dealkylation sites (tertiary alicyclic amines) is 1. The smallest absolute Gasteiger partial charge is 0.241 e. The number of aryl methyl sites for hydroxylation is 1. The fraction of sp³-hybridized carbons (Fsp3) is 0.444. The van der Waals surface area contributed by atoms with Gasteiger partial charge in [-0.05, 0) is 37.4 Å². The van der Waals surface area contributed by atoms with Crippen LogP contribution in [0.15, 0.2) is 41.4 Å². The van der Waals surface area contributed by atoms with Crippen LogP contribution in [0, 0.1) is 5.92 Å². The molecule has 1 aliphatic rings. The highest BCUT2D eigenvalue weighted by Crippen LogP contribution is 2.22. The van der Waals surface area contributed by atoms with Crippen molar-refractivity contribution in [3.05, 3.63) is 48.6 Å². The topological polar surface area (TPSA) is 72.9 Å². The Hall–Kier alpha value is -2.54. The molecule has 3 aromatic rings. The second kappa shape index (κ2) is 7.14. The average molecular weight is 338 g/mol. The minimum Gasteiger partial charge on any atom is -0.338 e. The molecule has 3 aromatic heterocycles. The molecule has 0 N–H and O–H groups in total. The normalized spacial score (nSPS) is 18.5. The molecule has 1 saturated heterocycles. The Morgan fingerprint density at radius 2 is 2.28 bits per heavy atom. The minimum absolute atomic E-state index is 0.602. The van der Waals surface area contributed by atoms with Crippen molar-refractivity contribution in [3.63, 3.8) is 0 Å². The van der Waals surface area contributed by atoms with Gasteiger partial charge in [0.05, 0.1) is 6.54 Å². The van der Waals surface area contributed by atoms with Gasteiger partial charge in [-0.25, -0.2) is 4.98 Å². The molecule has 0 aromatic carbocycles. The molecule has 0 spiro atoms. The van der Waals surface area contributed by atoms with E-state index in [2.05, 4.69) is 36.6 Å². The first kappa shape index (κ1) is 16.0. The quantitative estimate of drug-likeness (QED) is 0.711. The van der Waals surface area contributed by atoms with Crippen LogP contribution >= 0.6 is 0 Å². The van der Waals surface area contributed by atoms with Gasteiger partial charge in [0, 0.05) is 50.4 Å². The molecule has 4 rings (SSSR count). The number of rotatable bonds is 5. The number of piperidine rings is 1. The van der Waals surface area contributed by atoms with Crippen LogP contribution < -0.4 is 0 Å². The summed E-state index contributed by atoms with van der Waals surface area (Å²) in [6, 6.07) is 3.81. The van der Waals surface area contributed by atoms with Crippen molar-refractivity contribution >= 4 is 0 Å². The van der Waals surface area contributed by atoms with E-state index in [0.717, 1.165) is 30.9 Å². The van der Waals surface area contributed by atoms with Gasteiger partial charge < -0.3 is 9.09 Å². The maximum atomic E-state index is 5.44. The average Bonchev–Trinajstić information content (AvgIpc) is 3.26. The Bertz CT molecular complexity index is 812. The van der Waals surface area contributed by atoms with Crippen molar-refractivity contribution in [1.29, 1.82) is 0 Å². The van der Waals surface area contributed by atoms with Crippen LogP contribution in [-0.2, 0) is 20.0 Å². The number of pyridine rings is 1. The molecule has 0 radical (unpaired) electrons. The van der Waals surface area contributed by atoms with Crippen LogP contribution in [0.25, 0.3) is 11.4 Å². The number of hydrogen-bond donors (Lipinski definition) is 0. The summed E-state index contributed by atoms with van der Waals surface area (Å²) in [6.07, 6.45) is 10.8. The third-order valence-electron chi connectivity index (χ3n) is 4.74. The van der Waals surface area contributed by atoms with Crippen molar-refractivity contribution in [2.75, 3.05) is 13.1 Å². The van der Waals surface area contributed by atoms with Crippen molar-refractivity contribution < 1.29 is 4.52 Å². The molecule has 0 saturated carbocycles. The zero-order valence-corrected chi connectivity index (χ0v) is 14.4. The van der Waals surface area contributed by atoms with Gasteiger partial charge in [0.2, 0.25) is 11.7 Å². The Labute approximate surface area is 146 Å². The van der Waals surface area contributed by atoms with E-state index in [-0.39, 0.29) is 0 Å². The molecule has 1 aliphatic heterocycles. The van der Waals surface area contributed by atoms with E-state index in [9.17, 15) is 0 Å². The van der Waals surface area contributed by atoms with Crippen LogP contribution in [0.2, 0.25) is 0 Å². The zero-order valence-electron chi connectivity index (χ0n) is 14.4. The molecule has 1 atom stereocenters. The molecule has 0 amide bonds. The van der Waals surface area contributed by atoms with Gasteiger partial charge in [-0.15, -0.1) is 0 Å². The van der Waals surface area contributed by atoms with E-state index in [1.54, 1.807) is 12.4 Å². The summed E-state index contributed by atoms with van der Waals surface area (Å²) in [7, 11) is 2.06. The number of hydrogen-bond acceptors (Lipinski definition) is 6. The zero-order chi connectivity index (χ0) is 17.1. The summed E-state index contributed by atoms with van der Waals surface area (Å²) in [4.78, 5) is 15.5. The van der Waals surface area contributed by atoms with Crippen LogP contribution in [0.5, 0.6) is 0 Å². The van der Waals surface area contributed by atoms with E-state index in [1.807, 2.05) is 24.5 Å². The van der Waals surface area contributed by atoms with E-state index in [4.69, 9.17) is 4.52 Å². The fourth-order valence-corrected chi connectivity index (χ4v) is 3.44. The third-order valence-corrected chi connectivity index (χ3v) is 4.74. The highest BCUT2D eigenvalue weighted by Gasteiger charge is 2.23. The van der Waals surface area contributed by atoms with E-state index in [1.165, 1.54) is 12.8 Å². The second-order valence-electron chi connectivity index (χ2n) is 6.66. The lowest BCUT2D eigenvalue weighted by atomic mass is 9.94. The van der Waals surface area contributed by atoms with Crippen LogP contribution in [0.1, 0.15) is 24.6 Å². The van der Waals surface area contributed by atoms with Crippen LogP contribution in [0.4, 0.5) is 0 Å². The lowest BCUT2D eigenvalue weighted by Crippen LogP contribution is -2.36. The second-order valence-corrected chi connectivity index (χ2v) is 6.66. The van der Waals surface area contributed by atoms with Crippen molar-refractivity contribution in [3.8, 4) is 11.4 Å². The molecule has 0 bridgehead atoms. The van der Waals surface area contributed by atoms with Gasteiger partial charge in [0.25, 0.3) is 0 Å². The molecule has 0 aliphatic carbocycles. The highest BCUT2D eigenvalue weighted by atomic mass is 16.5. The SMILES string of the molecule is Cn1ccnc1C[C@H]1CCCN(Cc2nc(-c3cccnc3)no2)C1. The Morgan fingerprint density at radius 1 is 1.32 bits per heavy atom. The van der Waals surface area contributed by atoms with Gasteiger partial charge in [-0.3, -0.25) is 9.88 Å². The molecular formula is C18H22N6O. The van der Waals surface area contributed by atoms with Crippen molar-refractivity contribution in [1.82, 2.24) is 29.6 Å². The molecule has 25 heavy (non-hydrogen) atoms. The number of nitrogens with zero attached hydrogens (tertiary/aromatic N) is 6. The molecule has 0 unspecified atom stereocenters. The van der Waals surface area contributed by atoms with Crippen LogP contribution in [-0.4, -0.2) is 42.7 Å². The standard InChI is InChI=1S/C18H22N6O/c1-23-9-7-20-16(23)10-14-4-3-8-24(12-14)13-17-21-18(22-25-17)15-5-2-6-19-11-15/h2,5-7,9,11,14H,3-4,8,10,12-13H2,1H3/t14-/m1/s1. The minimum atomic E-state index is 0.602. The summed E-state index contributed by atoms with van der Waals surface area (Å²) in [6.45, 7) is 2.81. The summed E-state index contributed by atoms with van der Waals surface area (Å²) in [5.41, 5.74) is 0.879. The van der Waals surface area contributed by atoms with Crippen molar-refractivity contribution in [2.45, 2.75) is 25.8 Å². The summed E-state index contributed by atoms with van der Waals surface area (Å²) >= 11 is 0.